The van der Waals surface area contributed by atoms with Crippen molar-refractivity contribution in [3.8, 4) is 11.5 Å². The van der Waals surface area contributed by atoms with E-state index in [9.17, 15) is 5.11 Å². The molecule has 1 aliphatic carbocycles. The van der Waals surface area contributed by atoms with Crippen molar-refractivity contribution in [3.05, 3.63) is 23.8 Å². The van der Waals surface area contributed by atoms with Gasteiger partial charge < -0.3 is 9.84 Å². The zero-order valence-electron chi connectivity index (χ0n) is 10.2. The first-order valence-corrected chi connectivity index (χ1v) is 6.43. The molecule has 0 spiro atoms. The monoisotopic (exact) mass is 233 g/mol. The van der Waals surface area contributed by atoms with Gasteiger partial charge in [0.2, 0.25) is 0 Å². The molecule has 1 aromatic rings. The van der Waals surface area contributed by atoms with Crippen molar-refractivity contribution < 1.29 is 9.84 Å². The number of nitrogens with zero attached hydrogens (tertiary/aromatic N) is 1. The highest BCUT2D eigenvalue weighted by Gasteiger charge is 2.32. The van der Waals surface area contributed by atoms with Gasteiger partial charge in [0.15, 0.2) is 0 Å². The average Bonchev–Trinajstić information content (AvgIpc) is 2.96. The maximum atomic E-state index is 9.44. The van der Waals surface area contributed by atoms with Crippen LogP contribution in [-0.4, -0.2) is 29.7 Å². The molecule has 0 aromatic heterocycles. The third-order valence-electron chi connectivity index (χ3n) is 4.15. The number of benzene rings is 1. The lowest BCUT2D eigenvalue weighted by molar-refractivity contribution is 0.147. The summed E-state index contributed by atoms with van der Waals surface area (Å²) in [5.74, 6) is 1.13. The van der Waals surface area contributed by atoms with E-state index in [-0.39, 0.29) is 5.75 Å². The fraction of sp³-hybridized carbons (Fsp3) is 0.571. The molecule has 2 aliphatic rings. The van der Waals surface area contributed by atoms with Gasteiger partial charge in [0, 0.05) is 17.7 Å². The molecule has 0 bridgehead atoms. The number of aromatic hydroxyl groups is 1. The number of hydrogen-bond acceptors (Lipinski definition) is 3. The van der Waals surface area contributed by atoms with Gasteiger partial charge in [-0.15, -0.1) is 0 Å². The summed E-state index contributed by atoms with van der Waals surface area (Å²) in [6.45, 7) is 0.714. The molecule has 1 unspecified atom stereocenters. The van der Waals surface area contributed by atoms with Crippen LogP contribution >= 0.6 is 0 Å². The van der Waals surface area contributed by atoms with E-state index in [1.165, 1.54) is 31.2 Å². The Morgan fingerprint density at radius 1 is 1.29 bits per heavy atom. The molecule has 17 heavy (non-hydrogen) atoms. The normalized spacial score (nSPS) is 24.0. The topological polar surface area (TPSA) is 32.7 Å². The molecule has 92 valence electrons. The predicted molar refractivity (Wildman–Crippen MR) is 66.4 cm³/mol. The van der Waals surface area contributed by atoms with E-state index in [0.29, 0.717) is 18.7 Å². The fourth-order valence-corrected chi connectivity index (χ4v) is 3.08. The van der Waals surface area contributed by atoms with Crippen molar-refractivity contribution in [3.63, 3.8) is 0 Å². The van der Waals surface area contributed by atoms with Gasteiger partial charge in [-0.3, -0.25) is 4.90 Å². The SMILES string of the molecule is CN(C1CCCC1)C1COc2cc(O)ccc21. The molecule has 0 amide bonds. The largest absolute Gasteiger partial charge is 0.508 e. The van der Waals surface area contributed by atoms with Crippen molar-refractivity contribution >= 4 is 0 Å². The summed E-state index contributed by atoms with van der Waals surface area (Å²) in [6, 6.07) is 6.52. The van der Waals surface area contributed by atoms with E-state index in [1.54, 1.807) is 12.1 Å². The first kappa shape index (κ1) is 10.9. The second-order valence-electron chi connectivity index (χ2n) is 5.15. The Bertz CT molecular complexity index is 413. The van der Waals surface area contributed by atoms with Crippen molar-refractivity contribution in [1.29, 1.82) is 0 Å². The highest BCUT2D eigenvalue weighted by Crippen LogP contribution is 2.40. The summed E-state index contributed by atoms with van der Waals surface area (Å²) in [4.78, 5) is 2.45. The van der Waals surface area contributed by atoms with Crippen LogP contribution in [0, 0.1) is 0 Å². The molecule has 3 heteroatoms. The van der Waals surface area contributed by atoms with Crippen LogP contribution < -0.4 is 4.74 Å². The lowest BCUT2D eigenvalue weighted by Gasteiger charge is -2.29. The number of ether oxygens (including phenoxy) is 1. The van der Waals surface area contributed by atoms with Crippen LogP contribution in [0.2, 0.25) is 0 Å². The van der Waals surface area contributed by atoms with Gasteiger partial charge in [0.1, 0.15) is 18.1 Å². The molecule has 1 heterocycles. The zero-order chi connectivity index (χ0) is 11.8. The van der Waals surface area contributed by atoms with Crippen molar-refractivity contribution in [2.75, 3.05) is 13.7 Å². The van der Waals surface area contributed by atoms with Crippen LogP contribution in [0.5, 0.6) is 11.5 Å². The lowest BCUT2D eigenvalue weighted by Crippen LogP contribution is -2.34. The predicted octanol–water partition coefficient (Wildman–Crippen LogP) is 2.70. The van der Waals surface area contributed by atoms with Crippen LogP contribution in [0.25, 0.3) is 0 Å². The Morgan fingerprint density at radius 3 is 2.82 bits per heavy atom. The molecule has 0 radical (unpaired) electrons. The highest BCUT2D eigenvalue weighted by molar-refractivity contribution is 5.44. The Morgan fingerprint density at radius 2 is 2.06 bits per heavy atom. The van der Waals surface area contributed by atoms with Crippen LogP contribution in [0.15, 0.2) is 18.2 Å². The third kappa shape index (κ3) is 1.89. The first-order valence-electron chi connectivity index (χ1n) is 6.43. The summed E-state index contributed by atoms with van der Waals surface area (Å²) < 4.78 is 5.67. The van der Waals surface area contributed by atoms with E-state index >= 15 is 0 Å². The van der Waals surface area contributed by atoms with Gasteiger partial charge in [0.25, 0.3) is 0 Å². The number of rotatable bonds is 2. The van der Waals surface area contributed by atoms with Crippen LogP contribution in [0.3, 0.4) is 0 Å². The van der Waals surface area contributed by atoms with Gasteiger partial charge in [-0.1, -0.05) is 12.8 Å². The number of phenolic OH excluding ortho intramolecular Hbond substituents is 1. The van der Waals surface area contributed by atoms with Crippen molar-refractivity contribution in [2.24, 2.45) is 0 Å². The Hall–Kier alpha value is -1.22. The maximum Gasteiger partial charge on any atom is 0.127 e. The summed E-state index contributed by atoms with van der Waals surface area (Å²) in [5.41, 5.74) is 1.22. The summed E-state index contributed by atoms with van der Waals surface area (Å²) in [7, 11) is 2.20. The molecule has 1 aliphatic heterocycles. The van der Waals surface area contributed by atoms with E-state index in [4.69, 9.17) is 4.74 Å². The molecule has 1 saturated carbocycles. The standard InChI is InChI=1S/C14H19NO2/c1-15(10-4-2-3-5-10)13-9-17-14-8-11(16)6-7-12(13)14/h6-8,10,13,16H,2-5,9H2,1H3. The van der Waals surface area contributed by atoms with Crippen molar-refractivity contribution in [1.82, 2.24) is 4.90 Å². The van der Waals surface area contributed by atoms with Gasteiger partial charge in [0.05, 0.1) is 6.04 Å². The van der Waals surface area contributed by atoms with Gasteiger partial charge in [-0.25, -0.2) is 0 Å². The molecule has 1 aromatic carbocycles. The molecular weight excluding hydrogens is 214 g/mol. The van der Waals surface area contributed by atoms with E-state index in [1.807, 2.05) is 6.07 Å². The van der Waals surface area contributed by atoms with Gasteiger partial charge >= 0.3 is 0 Å². The number of phenols is 1. The second-order valence-corrected chi connectivity index (χ2v) is 5.15. The Balaban J connectivity index is 1.82. The summed E-state index contributed by atoms with van der Waals surface area (Å²) in [5, 5.41) is 9.44. The third-order valence-corrected chi connectivity index (χ3v) is 4.15. The molecule has 3 rings (SSSR count). The minimum absolute atomic E-state index is 0.285. The Labute approximate surface area is 102 Å². The van der Waals surface area contributed by atoms with Crippen LogP contribution in [0.4, 0.5) is 0 Å². The summed E-state index contributed by atoms with van der Waals surface area (Å²) in [6.07, 6.45) is 5.32. The van der Waals surface area contributed by atoms with Crippen molar-refractivity contribution in [2.45, 2.75) is 37.8 Å². The molecule has 1 N–H and O–H groups in total. The fourth-order valence-electron chi connectivity index (χ4n) is 3.08. The van der Waals surface area contributed by atoms with Gasteiger partial charge in [-0.2, -0.15) is 0 Å². The number of fused-ring (bicyclic) bond motifs is 1. The first-order chi connectivity index (χ1) is 8.25. The molecular formula is C14H19NO2. The maximum absolute atomic E-state index is 9.44. The smallest absolute Gasteiger partial charge is 0.127 e. The number of hydrogen-bond donors (Lipinski definition) is 1. The van der Waals surface area contributed by atoms with E-state index in [0.717, 1.165) is 5.75 Å². The molecule has 0 saturated heterocycles. The quantitative estimate of drug-likeness (QED) is 0.852. The van der Waals surface area contributed by atoms with E-state index < -0.39 is 0 Å². The second kappa shape index (κ2) is 4.22. The minimum atomic E-state index is 0.285. The van der Waals surface area contributed by atoms with Crippen LogP contribution in [-0.2, 0) is 0 Å². The molecule has 1 atom stereocenters. The number of likely N-dealkylation sites (N-methyl/N-ethyl adjacent to an activating group) is 1. The average molecular weight is 233 g/mol. The summed E-state index contributed by atoms with van der Waals surface area (Å²) >= 11 is 0. The lowest BCUT2D eigenvalue weighted by atomic mass is 10.0. The zero-order valence-corrected chi connectivity index (χ0v) is 10.2. The van der Waals surface area contributed by atoms with E-state index in [2.05, 4.69) is 11.9 Å². The highest BCUT2D eigenvalue weighted by atomic mass is 16.5. The van der Waals surface area contributed by atoms with Crippen LogP contribution in [0.1, 0.15) is 37.3 Å². The Kier molecular flexibility index (Phi) is 2.71. The molecule has 3 nitrogen and oxygen atoms in total. The van der Waals surface area contributed by atoms with Gasteiger partial charge in [-0.05, 0) is 32.0 Å². The molecule has 1 fully saturated rings. The minimum Gasteiger partial charge on any atom is -0.508 e.